The van der Waals surface area contributed by atoms with E-state index in [9.17, 15) is 23.3 Å². The van der Waals surface area contributed by atoms with E-state index in [0.29, 0.717) is 5.56 Å². The first-order valence-electron chi connectivity index (χ1n) is 7.58. The fourth-order valence-electron chi connectivity index (χ4n) is 2.37. The van der Waals surface area contributed by atoms with Crippen molar-refractivity contribution in [2.45, 2.75) is 52.0 Å². The zero-order chi connectivity index (χ0) is 19.2. The van der Waals surface area contributed by atoms with Crippen molar-refractivity contribution in [1.82, 2.24) is 0 Å². The molecule has 0 spiro atoms. The fraction of sp³-hybridized carbons (Fsp3) is 0.600. The summed E-state index contributed by atoms with van der Waals surface area (Å²) in [4.78, 5) is 10.5. The lowest BCUT2D eigenvalue weighted by atomic mass is 9.77. The van der Waals surface area contributed by atoms with E-state index in [2.05, 4.69) is 0 Å². The van der Waals surface area contributed by atoms with Crippen molar-refractivity contribution in [3.8, 4) is 5.75 Å². The molecule has 1 saturated heterocycles. The third-order valence-corrected chi connectivity index (χ3v) is 4.33. The van der Waals surface area contributed by atoms with Gasteiger partial charge >= 0.3 is 19.0 Å². The van der Waals surface area contributed by atoms with Crippen molar-refractivity contribution < 1.29 is 32.1 Å². The lowest BCUT2D eigenvalue weighted by Crippen LogP contribution is -2.41. The zero-order valence-electron chi connectivity index (χ0n) is 14.6. The predicted octanol–water partition coefficient (Wildman–Crippen LogP) is 3.14. The molecule has 6 nitrogen and oxygen atoms in total. The number of halogens is 3. The van der Waals surface area contributed by atoms with Crippen LogP contribution in [-0.2, 0) is 9.31 Å². The fourth-order valence-corrected chi connectivity index (χ4v) is 2.37. The van der Waals surface area contributed by atoms with Crippen LogP contribution in [0.15, 0.2) is 12.1 Å². The summed E-state index contributed by atoms with van der Waals surface area (Å²) in [6.45, 7) is 7.03. The molecule has 10 heteroatoms. The van der Waals surface area contributed by atoms with E-state index in [0.717, 1.165) is 6.07 Å². The Morgan fingerprint density at radius 1 is 1.20 bits per heavy atom. The Labute approximate surface area is 143 Å². The normalized spacial score (nSPS) is 19.1. The number of alkyl halides is 3. The van der Waals surface area contributed by atoms with Crippen LogP contribution in [-0.4, -0.2) is 36.0 Å². The van der Waals surface area contributed by atoms with Gasteiger partial charge in [-0.2, -0.15) is 13.2 Å². The van der Waals surface area contributed by atoms with E-state index in [-0.39, 0.29) is 5.46 Å². The predicted molar refractivity (Wildman–Crippen MR) is 85.1 cm³/mol. The van der Waals surface area contributed by atoms with Gasteiger partial charge < -0.3 is 14.0 Å². The Bertz CT molecular complexity index is 674. The highest BCUT2D eigenvalue weighted by Crippen LogP contribution is 2.38. The monoisotopic (exact) mass is 361 g/mol. The molecule has 0 aromatic heterocycles. The Morgan fingerprint density at radius 2 is 1.72 bits per heavy atom. The van der Waals surface area contributed by atoms with Gasteiger partial charge in [0, 0.05) is 11.5 Å². The van der Waals surface area contributed by atoms with E-state index in [4.69, 9.17) is 14.0 Å². The number of nitrogens with zero attached hydrogens (tertiary/aromatic N) is 1. The molecule has 0 bridgehead atoms. The van der Waals surface area contributed by atoms with E-state index >= 15 is 0 Å². The number of hydrogen-bond donors (Lipinski definition) is 0. The first kappa shape index (κ1) is 19.5. The van der Waals surface area contributed by atoms with E-state index in [1.165, 1.54) is 6.07 Å². The second-order valence-corrected chi connectivity index (χ2v) is 6.95. The molecule has 138 valence electrons. The van der Waals surface area contributed by atoms with Gasteiger partial charge in [-0.05, 0) is 40.2 Å². The van der Waals surface area contributed by atoms with E-state index in [1.807, 2.05) is 0 Å². The van der Waals surface area contributed by atoms with Crippen LogP contribution in [0.25, 0.3) is 0 Å². The second kappa shape index (κ2) is 6.17. The van der Waals surface area contributed by atoms with Gasteiger partial charge in [0.25, 0.3) is 0 Å². The molecule has 25 heavy (non-hydrogen) atoms. The maximum atomic E-state index is 12.6. The highest BCUT2D eigenvalue weighted by molar-refractivity contribution is 6.63. The molecule has 0 atom stereocenters. The summed E-state index contributed by atoms with van der Waals surface area (Å²) < 4.78 is 54.0. The summed E-state index contributed by atoms with van der Waals surface area (Å²) in [5, 5.41) is 11.3. The minimum absolute atomic E-state index is 0.0644. The highest BCUT2D eigenvalue weighted by Gasteiger charge is 2.53. The summed E-state index contributed by atoms with van der Waals surface area (Å²) in [6, 6.07) is 2.63. The van der Waals surface area contributed by atoms with Gasteiger partial charge in [-0.15, -0.1) is 0 Å². The van der Waals surface area contributed by atoms with Gasteiger partial charge in [0.2, 0.25) is 0 Å². The third kappa shape index (κ3) is 4.06. The number of nitro benzene ring substituents is 1. The minimum atomic E-state index is -4.63. The average molecular weight is 361 g/mol. The summed E-state index contributed by atoms with van der Waals surface area (Å²) >= 11 is 0. The maximum Gasteiger partial charge on any atom is 0.498 e. The summed E-state index contributed by atoms with van der Waals surface area (Å²) in [7, 11) is -1.08. The molecule has 1 heterocycles. The molecule has 2 rings (SSSR count). The van der Waals surface area contributed by atoms with Crippen molar-refractivity contribution in [1.29, 1.82) is 0 Å². The second-order valence-electron chi connectivity index (χ2n) is 6.95. The summed E-state index contributed by atoms with van der Waals surface area (Å²) in [5.74, 6) is -0.494. The SMILES string of the molecule is Cc1cc(B2OC(C)(C)C(C)(C)O2)c(OCC(F)(F)F)c([N+](=O)[O-])c1. The molecule has 1 fully saturated rings. The Balaban J connectivity index is 2.51. The number of ether oxygens (including phenoxy) is 1. The van der Waals surface area contributed by atoms with Crippen molar-refractivity contribution >= 4 is 18.3 Å². The molecule has 1 aromatic rings. The summed E-state index contributed by atoms with van der Waals surface area (Å²) in [6.07, 6.45) is -4.63. The number of nitro groups is 1. The van der Waals surface area contributed by atoms with Crippen LogP contribution in [0.1, 0.15) is 33.3 Å². The molecule has 0 aliphatic carbocycles. The molecule has 1 aliphatic heterocycles. The maximum absolute atomic E-state index is 12.6. The first-order valence-corrected chi connectivity index (χ1v) is 7.58. The Hall–Kier alpha value is -1.81. The van der Waals surface area contributed by atoms with Crippen LogP contribution < -0.4 is 10.2 Å². The molecule has 0 unspecified atom stereocenters. The number of hydrogen-bond acceptors (Lipinski definition) is 5. The van der Waals surface area contributed by atoms with Gasteiger partial charge in [0.05, 0.1) is 16.1 Å². The van der Waals surface area contributed by atoms with Crippen LogP contribution in [0.2, 0.25) is 0 Å². The Kier molecular flexibility index (Phi) is 4.82. The minimum Gasteiger partial charge on any atom is -0.477 e. The quantitative estimate of drug-likeness (QED) is 0.468. The van der Waals surface area contributed by atoms with Crippen LogP contribution in [0.5, 0.6) is 5.75 Å². The standard InChI is InChI=1S/C15H19BF3NO5/c1-9-6-10(16-24-13(2,3)14(4,5)25-16)12(11(7-9)20(21)22)23-8-15(17,18)19/h6-7H,8H2,1-5H3. The molecule has 0 radical (unpaired) electrons. The smallest absolute Gasteiger partial charge is 0.477 e. The van der Waals surface area contributed by atoms with Gasteiger partial charge in [0.15, 0.2) is 12.4 Å². The molecule has 1 aromatic carbocycles. The molecule has 0 saturated carbocycles. The third-order valence-electron chi connectivity index (χ3n) is 4.33. The van der Waals surface area contributed by atoms with Gasteiger partial charge in [0.1, 0.15) is 0 Å². The first-order chi connectivity index (χ1) is 11.2. The van der Waals surface area contributed by atoms with Gasteiger partial charge in [-0.3, -0.25) is 10.1 Å². The molecule has 1 aliphatic rings. The molecular weight excluding hydrogens is 342 g/mol. The zero-order valence-corrected chi connectivity index (χ0v) is 14.6. The largest absolute Gasteiger partial charge is 0.498 e. The van der Waals surface area contributed by atoms with Crippen molar-refractivity contribution in [2.75, 3.05) is 6.61 Å². The van der Waals surface area contributed by atoms with Crippen molar-refractivity contribution in [2.24, 2.45) is 0 Å². The molecular formula is C15H19BF3NO5. The van der Waals surface area contributed by atoms with E-state index < -0.39 is 47.5 Å². The van der Waals surface area contributed by atoms with Crippen LogP contribution in [0.3, 0.4) is 0 Å². The highest BCUT2D eigenvalue weighted by atomic mass is 19.4. The van der Waals surface area contributed by atoms with Crippen molar-refractivity contribution in [3.63, 3.8) is 0 Å². The molecule has 0 N–H and O–H groups in total. The van der Waals surface area contributed by atoms with Crippen molar-refractivity contribution in [3.05, 3.63) is 27.8 Å². The number of aryl methyl sites for hydroxylation is 1. The molecule has 0 amide bonds. The van der Waals surface area contributed by atoms with Crippen LogP contribution >= 0.6 is 0 Å². The Morgan fingerprint density at radius 3 is 2.16 bits per heavy atom. The topological polar surface area (TPSA) is 70.8 Å². The lowest BCUT2D eigenvalue weighted by Gasteiger charge is -2.32. The van der Waals surface area contributed by atoms with Gasteiger partial charge in [-0.25, -0.2) is 0 Å². The average Bonchev–Trinajstić information content (AvgIpc) is 2.64. The summed E-state index contributed by atoms with van der Waals surface area (Å²) in [5.41, 5.74) is -1.52. The number of rotatable bonds is 4. The van der Waals surface area contributed by atoms with Gasteiger partial charge in [-0.1, -0.05) is 6.07 Å². The number of benzene rings is 1. The lowest BCUT2D eigenvalue weighted by molar-refractivity contribution is -0.386. The van der Waals surface area contributed by atoms with E-state index in [1.54, 1.807) is 34.6 Å². The van der Waals surface area contributed by atoms with Crippen LogP contribution in [0.4, 0.5) is 18.9 Å². The van der Waals surface area contributed by atoms with Crippen LogP contribution in [0, 0.1) is 17.0 Å².